The molecule has 5 nitrogen and oxygen atoms in total. The Hall–Kier alpha value is -1.75. The van der Waals surface area contributed by atoms with Gasteiger partial charge in [-0.3, -0.25) is 9.59 Å². The molecule has 6 heteroatoms. The first kappa shape index (κ1) is 14.7. The number of benzene rings is 1. The number of carbonyl (C=O) groups excluding carboxylic acids is 1. The Morgan fingerprint density at radius 3 is 2.65 bits per heavy atom. The molecule has 0 spiro atoms. The van der Waals surface area contributed by atoms with Crippen molar-refractivity contribution >= 4 is 23.5 Å². The summed E-state index contributed by atoms with van der Waals surface area (Å²) >= 11 is 5.74. The van der Waals surface area contributed by atoms with E-state index in [-0.39, 0.29) is 18.6 Å². The van der Waals surface area contributed by atoms with Crippen molar-refractivity contribution in [2.24, 2.45) is 5.92 Å². The number of carboxylic acids is 1. The number of hydrogen-bond donors (Lipinski definition) is 2. The van der Waals surface area contributed by atoms with Crippen LogP contribution in [0.3, 0.4) is 0 Å². The van der Waals surface area contributed by atoms with Crippen LogP contribution >= 0.6 is 11.6 Å². The van der Waals surface area contributed by atoms with Crippen LogP contribution in [0.25, 0.3) is 0 Å². The highest BCUT2D eigenvalue weighted by Crippen LogP contribution is 2.25. The quantitative estimate of drug-likeness (QED) is 0.872. The molecule has 1 amide bonds. The smallest absolute Gasteiger partial charge is 0.308 e. The van der Waals surface area contributed by atoms with Crippen molar-refractivity contribution < 1.29 is 19.4 Å². The zero-order valence-corrected chi connectivity index (χ0v) is 11.6. The van der Waals surface area contributed by atoms with E-state index in [0.29, 0.717) is 23.6 Å². The van der Waals surface area contributed by atoms with E-state index in [9.17, 15) is 9.59 Å². The molecule has 20 heavy (non-hydrogen) atoms. The SMILES string of the molecule is O=C(COc1ccc(Cl)cc1)N[C@H]1CCC[C@H]1C(=O)O. The number of ether oxygens (including phenoxy) is 1. The number of amides is 1. The summed E-state index contributed by atoms with van der Waals surface area (Å²) < 4.78 is 5.31. The Balaban J connectivity index is 1.80. The summed E-state index contributed by atoms with van der Waals surface area (Å²) in [6, 6.07) is 6.39. The van der Waals surface area contributed by atoms with Gasteiger partial charge in [-0.2, -0.15) is 0 Å². The van der Waals surface area contributed by atoms with Gasteiger partial charge in [0.2, 0.25) is 0 Å². The average molecular weight is 298 g/mol. The highest BCUT2D eigenvalue weighted by molar-refractivity contribution is 6.30. The fourth-order valence-electron chi connectivity index (χ4n) is 2.36. The molecule has 1 aliphatic carbocycles. The summed E-state index contributed by atoms with van der Waals surface area (Å²) in [5, 5.41) is 12.4. The van der Waals surface area contributed by atoms with Crippen LogP contribution in [0.4, 0.5) is 0 Å². The first-order chi connectivity index (χ1) is 9.56. The molecular formula is C14H16ClNO4. The highest BCUT2D eigenvalue weighted by Gasteiger charge is 2.33. The van der Waals surface area contributed by atoms with Crippen LogP contribution in [0, 0.1) is 5.92 Å². The summed E-state index contributed by atoms with van der Waals surface area (Å²) in [4.78, 5) is 22.8. The Kier molecular flexibility index (Phi) is 4.84. The number of hydrogen-bond acceptors (Lipinski definition) is 3. The number of nitrogens with one attached hydrogen (secondary N) is 1. The molecule has 0 unspecified atom stereocenters. The topological polar surface area (TPSA) is 75.6 Å². The van der Waals surface area contributed by atoms with Gasteiger partial charge in [0.25, 0.3) is 5.91 Å². The lowest BCUT2D eigenvalue weighted by molar-refractivity contribution is -0.142. The van der Waals surface area contributed by atoms with Crippen LogP contribution in [0.1, 0.15) is 19.3 Å². The Bertz CT molecular complexity index is 488. The van der Waals surface area contributed by atoms with Crippen molar-refractivity contribution in [2.45, 2.75) is 25.3 Å². The van der Waals surface area contributed by atoms with E-state index in [1.165, 1.54) is 0 Å². The number of halogens is 1. The summed E-state index contributed by atoms with van der Waals surface area (Å²) in [6.45, 7) is -0.134. The first-order valence-electron chi connectivity index (χ1n) is 6.47. The second-order valence-electron chi connectivity index (χ2n) is 4.79. The fraction of sp³-hybridized carbons (Fsp3) is 0.429. The zero-order valence-electron chi connectivity index (χ0n) is 10.8. The van der Waals surface area contributed by atoms with Gasteiger partial charge in [-0.1, -0.05) is 18.0 Å². The normalized spacial score (nSPS) is 21.4. The van der Waals surface area contributed by atoms with E-state index in [2.05, 4.69) is 5.32 Å². The van der Waals surface area contributed by atoms with E-state index in [1.807, 2.05) is 0 Å². The molecule has 0 bridgehead atoms. The summed E-state index contributed by atoms with van der Waals surface area (Å²) in [5.74, 6) is -1.11. The minimum atomic E-state index is -0.855. The number of carboxylic acid groups (broad SMARTS) is 1. The van der Waals surface area contributed by atoms with Crippen LogP contribution in [0.2, 0.25) is 5.02 Å². The van der Waals surface area contributed by atoms with Gasteiger partial charge in [-0.05, 0) is 37.1 Å². The van der Waals surface area contributed by atoms with E-state index in [4.69, 9.17) is 21.4 Å². The first-order valence-corrected chi connectivity index (χ1v) is 6.84. The molecule has 0 radical (unpaired) electrons. The highest BCUT2D eigenvalue weighted by atomic mass is 35.5. The Morgan fingerprint density at radius 1 is 1.30 bits per heavy atom. The minimum absolute atomic E-state index is 0.134. The maximum Gasteiger partial charge on any atom is 0.308 e. The molecule has 1 aliphatic rings. The van der Waals surface area contributed by atoms with Gasteiger partial charge < -0.3 is 15.2 Å². The van der Waals surface area contributed by atoms with Crippen molar-refractivity contribution in [3.63, 3.8) is 0 Å². The van der Waals surface area contributed by atoms with E-state index in [1.54, 1.807) is 24.3 Å². The monoisotopic (exact) mass is 297 g/mol. The van der Waals surface area contributed by atoms with Crippen LogP contribution in [0.15, 0.2) is 24.3 Å². The molecule has 1 aromatic rings. The van der Waals surface area contributed by atoms with Gasteiger partial charge in [0.1, 0.15) is 5.75 Å². The molecule has 0 aromatic heterocycles. The van der Waals surface area contributed by atoms with Crippen LogP contribution in [0.5, 0.6) is 5.75 Å². The number of rotatable bonds is 5. The second kappa shape index (κ2) is 6.61. The molecular weight excluding hydrogens is 282 g/mol. The Labute approximate surface area is 121 Å². The lowest BCUT2D eigenvalue weighted by Crippen LogP contribution is -2.42. The largest absolute Gasteiger partial charge is 0.484 e. The molecule has 2 atom stereocenters. The zero-order chi connectivity index (χ0) is 14.5. The fourth-order valence-corrected chi connectivity index (χ4v) is 2.48. The summed E-state index contributed by atoms with van der Waals surface area (Å²) in [7, 11) is 0. The van der Waals surface area contributed by atoms with Gasteiger partial charge in [0, 0.05) is 11.1 Å². The lowest BCUT2D eigenvalue weighted by Gasteiger charge is -2.17. The van der Waals surface area contributed by atoms with E-state index >= 15 is 0 Å². The molecule has 1 fully saturated rings. The standard InChI is InChI=1S/C14H16ClNO4/c15-9-4-6-10(7-5-9)20-8-13(17)16-12-3-1-2-11(12)14(18)19/h4-7,11-12H,1-3,8H2,(H,16,17)(H,18,19)/t11-,12+/m1/s1. The van der Waals surface area contributed by atoms with Gasteiger partial charge in [-0.25, -0.2) is 0 Å². The Morgan fingerprint density at radius 2 is 2.00 bits per heavy atom. The molecule has 2 rings (SSSR count). The van der Waals surface area contributed by atoms with Gasteiger partial charge in [0.05, 0.1) is 5.92 Å². The van der Waals surface area contributed by atoms with Gasteiger partial charge >= 0.3 is 5.97 Å². The van der Waals surface area contributed by atoms with Gasteiger partial charge in [-0.15, -0.1) is 0 Å². The van der Waals surface area contributed by atoms with Crippen LogP contribution in [-0.4, -0.2) is 29.6 Å². The molecule has 1 aromatic carbocycles. The van der Waals surface area contributed by atoms with Gasteiger partial charge in [0.15, 0.2) is 6.61 Å². The number of carbonyl (C=O) groups is 2. The predicted molar refractivity (Wildman–Crippen MR) is 73.9 cm³/mol. The molecule has 0 aliphatic heterocycles. The van der Waals surface area contributed by atoms with Crippen molar-refractivity contribution in [1.82, 2.24) is 5.32 Å². The molecule has 1 saturated carbocycles. The predicted octanol–water partition coefficient (Wildman–Crippen LogP) is 2.09. The van der Waals surface area contributed by atoms with Crippen molar-refractivity contribution in [1.29, 1.82) is 0 Å². The minimum Gasteiger partial charge on any atom is -0.484 e. The molecule has 2 N–H and O–H groups in total. The molecule has 0 saturated heterocycles. The maximum atomic E-state index is 11.8. The third-order valence-electron chi connectivity index (χ3n) is 3.36. The third kappa shape index (κ3) is 3.87. The van der Waals surface area contributed by atoms with Crippen molar-refractivity contribution in [3.8, 4) is 5.75 Å². The molecule has 108 valence electrons. The van der Waals surface area contributed by atoms with Crippen molar-refractivity contribution in [2.75, 3.05) is 6.61 Å². The van der Waals surface area contributed by atoms with Crippen LogP contribution < -0.4 is 10.1 Å². The van der Waals surface area contributed by atoms with E-state index < -0.39 is 11.9 Å². The lowest BCUT2D eigenvalue weighted by atomic mass is 10.0. The summed E-state index contributed by atoms with van der Waals surface area (Å²) in [5.41, 5.74) is 0. The van der Waals surface area contributed by atoms with Crippen molar-refractivity contribution in [3.05, 3.63) is 29.3 Å². The second-order valence-corrected chi connectivity index (χ2v) is 5.23. The summed E-state index contributed by atoms with van der Waals surface area (Å²) in [6.07, 6.45) is 2.13. The van der Waals surface area contributed by atoms with E-state index in [0.717, 1.165) is 6.42 Å². The third-order valence-corrected chi connectivity index (χ3v) is 3.62. The van der Waals surface area contributed by atoms with Crippen LogP contribution in [-0.2, 0) is 9.59 Å². The maximum absolute atomic E-state index is 11.8. The average Bonchev–Trinajstić information content (AvgIpc) is 2.86. The number of aliphatic carboxylic acids is 1. The molecule has 0 heterocycles.